The minimum atomic E-state index is -0.357. The summed E-state index contributed by atoms with van der Waals surface area (Å²) in [6, 6.07) is 0. The second kappa shape index (κ2) is 5.19. The topological polar surface area (TPSA) is 47.4 Å². The van der Waals surface area contributed by atoms with Crippen molar-refractivity contribution in [1.29, 1.82) is 0 Å². The maximum Gasteiger partial charge on any atom is 0.356 e. The fourth-order valence-electron chi connectivity index (χ4n) is 1.08. The summed E-state index contributed by atoms with van der Waals surface area (Å²) in [7, 11) is 3.69. The van der Waals surface area contributed by atoms with Crippen LogP contribution in [0.15, 0.2) is 24.9 Å². The lowest BCUT2D eigenvalue weighted by Crippen LogP contribution is -2.15. The molecule has 1 rings (SSSR count). The molecule has 0 radical (unpaired) electrons. The van der Waals surface area contributed by atoms with Crippen molar-refractivity contribution in [2.75, 3.05) is 20.7 Å². The first kappa shape index (κ1) is 11.3. The molecule has 5 nitrogen and oxygen atoms in total. The van der Waals surface area contributed by atoms with Crippen LogP contribution in [0.2, 0.25) is 0 Å². The molecule has 0 atom stereocenters. The van der Waals surface area contributed by atoms with Crippen LogP contribution in [0.3, 0.4) is 0 Å². The number of imidazole rings is 1. The number of carbonyl (C=O) groups excluding carboxylic acids is 1. The van der Waals surface area contributed by atoms with Crippen LogP contribution >= 0.6 is 0 Å². The largest absolute Gasteiger partial charge is 0.461 e. The van der Waals surface area contributed by atoms with Crippen LogP contribution < -0.4 is 0 Å². The van der Waals surface area contributed by atoms with Gasteiger partial charge in [-0.05, 0) is 6.92 Å². The molecule has 0 aliphatic heterocycles. The van der Waals surface area contributed by atoms with Gasteiger partial charge in [-0.1, -0.05) is 0 Å². The second-order valence-electron chi connectivity index (χ2n) is 3.17. The third-order valence-corrected chi connectivity index (χ3v) is 1.65. The summed E-state index contributed by atoms with van der Waals surface area (Å²) in [6.07, 6.45) is 6.57. The molecule has 0 aromatic carbocycles. The molecule has 0 amide bonds. The highest BCUT2D eigenvalue weighted by Gasteiger charge is 2.12. The lowest BCUT2D eigenvalue weighted by Gasteiger charge is -2.11. The van der Waals surface area contributed by atoms with Crippen LogP contribution in [-0.4, -0.2) is 41.1 Å². The number of carbonyl (C=O) groups is 1. The standard InChI is InChI=1S/C10H15N3O2/c1-4-15-10(14)9(7-12(2)3)13-6-5-11-8-13/h5-8H,4H2,1-3H3/b9-7-. The van der Waals surface area contributed by atoms with E-state index in [-0.39, 0.29) is 5.97 Å². The summed E-state index contributed by atoms with van der Waals surface area (Å²) in [5.74, 6) is -0.357. The van der Waals surface area contributed by atoms with Gasteiger partial charge in [0.2, 0.25) is 0 Å². The molecule has 0 saturated carbocycles. The van der Waals surface area contributed by atoms with Crippen molar-refractivity contribution in [3.63, 3.8) is 0 Å². The molecule has 0 aliphatic rings. The van der Waals surface area contributed by atoms with Gasteiger partial charge in [0, 0.05) is 32.7 Å². The minimum Gasteiger partial charge on any atom is -0.461 e. The molecule has 0 fully saturated rings. The molecule has 0 aliphatic carbocycles. The van der Waals surface area contributed by atoms with E-state index in [1.165, 1.54) is 0 Å². The van der Waals surface area contributed by atoms with Crippen molar-refractivity contribution < 1.29 is 9.53 Å². The predicted octanol–water partition coefficient (Wildman–Crippen LogP) is 0.806. The van der Waals surface area contributed by atoms with Crippen molar-refractivity contribution >= 4 is 11.7 Å². The summed E-state index contributed by atoms with van der Waals surface area (Å²) in [4.78, 5) is 17.3. The first-order valence-electron chi connectivity index (χ1n) is 4.69. The Balaban J connectivity index is 2.94. The minimum absolute atomic E-state index is 0.357. The summed E-state index contributed by atoms with van der Waals surface area (Å²) in [6.45, 7) is 2.14. The van der Waals surface area contributed by atoms with E-state index >= 15 is 0 Å². The zero-order valence-electron chi connectivity index (χ0n) is 9.17. The number of hydrogen-bond donors (Lipinski definition) is 0. The first-order valence-corrected chi connectivity index (χ1v) is 4.69. The lowest BCUT2D eigenvalue weighted by atomic mass is 10.4. The number of aromatic nitrogens is 2. The summed E-state index contributed by atoms with van der Waals surface area (Å²) >= 11 is 0. The average molecular weight is 209 g/mol. The van der Waals surface area contributed by atoms with Gasteiger partial charge in [0.05, 0.1) is 12.9 Å². The highest BCUT2D eigenvalue weighted by atomic mass is 16.5. The smallest absolute Gasteiger partial charge is 0.356 e. The quantitative estimate of drug-likeness (QED) is 0.543. The van der Waals surface area contributed by atoms with E-state index in [4.69, 9.17) is 4.74 Å². The number of hydrogen-bond acceptors (Lipinski definition) is 4. The van der Waals surface area contributed by atoms with E-state index in [1.807, 2.05) is 14.1 Å². The Bertz CT molecular complexity index is 342. The summed E-state index contributed by atoms with van der Waals surface area (Å²) in [5, 5.41) is 0. The molecule has 1 heterocycles. The highest BCUT2D eigenvalue weighted by molar-refractivity contribution is 6.09. The summed E-state index contributed by atoms with van der Waals surface area (Å²) in [5.41, 5.74) is 0.444. The highest BCUT2D eigenvalue weighted by Crippen LogP contribution is 2.07. The second-order valence-corrected chi connectivity index (χ2v) is 3.17. The van der Waals surface area contributed by atoms with Crippen LogP contribution in [0.5, 0.6) is 0 Å². The molecular weight excluding hydrogens is 194 g/mol. The molecule has 0 saturated heterocycles. The van der Waals surface area contributed by atoms with Crippen LogP contribution in [0.1, 0.15) is 6.92 Å². The van der Waals surface area contributed by atoms with Gasteiger partial charge in [-0.2, -0.15) is 0 Å². The molecule has 1 aromatic heterocycles. The molecule has 15 heavy (non-hydrogen) atoms. The van der Waals surface area contributed by atoms with Crippen molar-refractivity contribution in [1.82, 2.24) is 14.5 Å². The molecule has 0 N–H and O–H groups in total. The molecular formula is C10H15N3O2. The molecule has 0 unspecified atom stereocenters. The SMILES string of the molecule is CCOC(=O)/C(=C/N(C)C)n1ccnc1. The van der Waals surface area contributed by atoms with Crippen LogP contribution in [0.25, 0.3) is 5.70 Å². The van der Waals surface area contributed by atoms with Crippen molar-refractivity contribution in [2.45, 2.75) is 6.92 Å². The average Bonchev–Trinajstić information content (AvgIpc) is 2.66. The number of rotatable bonds is 4. The normalized spacial score (nSPS) is 11.3. The molecule has 0 spiro atoms. The fourth-order valence-corrected chi connectivity index (χ4v) is 1.08. The Morgan fingerprint density at radius 1 is 1.60 bits per heavy atom. The monoisotopic (exact) mass is 209 g/mol. The summed E-state index contributed by atoms with van der Waals surface area (Å²) < 4.78 is 6.57. The molecule has 0 bridgehead atoms. The van der Waals surface area contributed by atoms with Gasteiger partial charge >= 0.3 is 5.97 Å². The zero-order valence-corrected chi connectivity index (χ0v) is 9.17. The zero-order chi connectivity index (χ0) is 11.3. The fraction of sp³-hybridized carbons (Fsp3) is 0.400. The number of nitrogens with zero attached hydrogens (tertiary/aromatic N) is 3. The van der Waals surface area contributed by atoms with Crippen molar-refractivity contribution in [3.8, 4) is 0 Å². The Morgan fingerprint density at radius 2 is 2.33 bits per heavy atom. The van der Waals surface area contributed by atoms with Gasteiger partial charge in [0.15, 0.2) is 0 Å². The predicted molar refractivity (Wildman–Crippen MR) is 56.8 cm³/mol. The van der Waals surface area contributed by atoms with Crippen LogP contribution in [0.4, 0.5) is 0 Å². The van der Waals surface area contributed by atoms with Gasteiger partial charge in [-0.25, -0.2) is 9.78 Å². The van der Waals surface area contributed by atoms with E-state index < -0.39 is 0 Å². The van der Waals surface area contributed by atoms with Gasteiger partial charge in [-0.15, -0.1) is 0 Å². The van der Waals surface area contributed by atoms with Gasteiger partial charge in [0.1, 0.15) is 5.70 Å². The van der Waals surface area contributed by atoms with Crippen molar-refractivity contribution in [2.24, 2.45) is 0 Å². The lowest BCUT2D eigenvalue weighted by molar-refractivity contribution is -0.136. The van der Waals surface area contributed by atoms with Gasteiger partial charge in [-0.3, -0.25) is 4.57 Å². The Labute approximate surface area is 89.0 Å². The first-order chi connectivity index (χ1) is 7.15. The third-order valence-electron chi connectivity index (χ3n) is 1.65. The number of esters is 1. The maximum absolute atomic E-state index is 11.6. The van der Waals surface area contributed by atoms with Crippen molar-refractivity contribution in [3.05, 3.63) is 24.9 Å². The van der Waals surface area contributed by atoms with E-state index in [9.17, 15) is 4.79 Å². The van der Waals surface area contributed by atoms with E-state index in [0.717, 1.165) is 0 Å². The Hall–Kier alpha value is -1.78. The number of ether oxygens (including phenoxy) is 1. The van der Waals surface area contributed by atoms with Gasteiger partial charge < -0.3 is 9.64 Å². The van der Waals surface area contributed by atoms with Crippen LogP contribution in [0, 0.1) is 0 Å². The molecule has 1 aromatic rings. The third kappa shape index (κ3) is 3.12. The Kier molecular flexibility index (Phi) is 3.91. The Morgan fingerprint density at radius 3 is 2.80 bits per heavy atom. The molecule has 82 valence electrons. The maximum atomic E-state index is 11.6. The van der Waals surface area contributed by atoms with E-state index in [1.54, 1.807) is 41.3 Å². The van der Waals surface area contributed by atoms with E-state index in [0.29, 0.717) is 12.3 Å². The van der Waals surface area contributed by atoms with E-state index in [2.05, 4.69) is 4.98 Å². The van der Waals surface area contributed by atoms with Crippen LogP contribution in [-0.2, 0) is 9.53 Å². The molecule has 5 heteroatoms. The van der Waals surface area contributed by atoms with Gasteiger partial charge in [0.25, 0.3) is 0 Å².